The first-order valence-electron chi connectivity index (χ1n) is 13.1. The number of para-hydroxylation sites is 1. The van der Waals surface area contributed by atoms with E-state index in [1.54, 1.807) is 48.5 Å². The van der Waals surface area contributed by atoms with E-state index in [2.05, 4.69) is 15.4 Å². The van der Waals surface area contributed by atoms with Gasteiger partial charge in [0.15, 0.2) is 0 Å². The molecule has 3 aromatic rings. The van der Waals surface area contributed by atoms with Crippen LogP contribution in [0.4, 0.5) is 22.4 Å². The number of benzene rings is 3. The van der Waals surface area contributed by atoms with Gasteiger partial charge in [0.2, 0.25) is 0 Å². The van der Waals surface area contributed by atoms with E-state index < -0.39 is 27.5 Å². The van der Waals surface area contributed by atoms with Gasteiger partial charge in [-0.05, 0) is 59.9 Å². The van der Waals surface area contributed by atoms with E-state index in [0.717, 1.165) is 25.7 Å². The van der Waals surface area contributed by atoms with Crippen molar-refractivity contribution in [2.75, 3.05) is 7.11 Å². The van der Waals surface area contributed by atoms with Gasteiger partial charge in [0.05, 0.1) is 12.6 Å². The van der Waals surface area contributed by atoms with E-state index >= 15 is 0 Å². The molecule has 41 heavy (non-hydrogen) atoms. The molecule has 220 valence electrons. The van der Waals surface area contributed by atoms with Crippen LogP contribution in [0.2, 0.25) is 0 Å². The number of rotatable bonds is 10. The quantitative estimate of drug-likeness (QED) is 0.130. The van der Waals surface area contributed by atoms with E-state index in [9.17, 15) is 22.4 Å². The minimum absolute atomic E-state index is 0.0280. The maximum Gasteiger partial charge on any atom is 0.573 e. The number of nitrogens with one attached hydrogen (secondary N) is 2. The Hall–Kier alpha value is -3.22. The molecule has 0 aromatic heterocycles. The van der Waals surface area contributed by atoms with Crippen molar-refractivity contribution >= 4 is 28.6 Å². The zero-order valence-electron chi connectivity index (χ0n) is 22.6. The maximum absolute atomic E-state index is 14.5. The molecule has 1 fully saturated rings. The Balaban J connectivity index is 1.91. The van der Waals surface area contributed by atoms with Crippen molar-refractivity contribution < 1.29 is 36.6 Å². The largest absolute Gasteiger partial charge is 0.573 e. The fourth-order valence-corrected chi connectivity index (χ4v) is 5.42. The van der Waals surface area contributed by atoms with Gasteiger partial charge in [-0.2, -0.15) is 4.39 Å². The molecule has 2 atom stereocenters. The number of urea groups is 1. The molecule has 0 saturated heterocycles. The van der Waals surface area contributed by atoms with Crippen molar-refractivity contribution in [2.45, 2.75) is 60.8 Å². The summed E-state index contributed by atoms with van der Waals surface area (Å²) in [6, 6.07) is 18.6. The summed E-state index contributed by atoms with van der Waals surface area (Å²) in [5.41, 5.74) is -0.0258. The number of hydrogen-bond acceptors (Lipinski definition) is 4. The van der Waals surface area contributed by atoms with Gasteiger partial charge in [-0.3, -0.25) is 0 Å². The number of halogens is 5. The normalized spacial score (nSPS) is 16.8. The first-order chi connectivity index (χ1) is 19.4. The summed E-state index contributed by atoms with van der Waals surface area (Å²) >= 11 is 1.51. The van der Waals surface area contributed by atoms with E-state index in [-0.39, 0.29) is 18.2 Å². The molecule has 0 radical (unpaired) electrons. The van der Waals surface area contributed by atoms with Crippen molar-refractivity contribution in [1.29, 1.82) is 0 Å². The topological polar surface area (TPSA) is 68.8 Å². The molecule has 3 aromatic carbocycles. The van der Waals surface area contributed by atoms with Crippen LogP contribution < -0.4 is 24.8 Å². The third-order valence-corrected chi connectivity index (χ3v) is 7.07. The van der Waals surface area contributed by atoms with Gasteiger partial charge in [-0.25, -0.2) is 4.79 Å². The molecule has 6 nitrogen and oxygen atoms in total. The van der Waals surface area contributed by atoms with Crippen LogP contribution in [-0.4, -0.2) is 29.4 Å². The summed E-state index contributed by atoms with van der Waals surface area (Å²) in [4.78, 5) is 13.6. The fraction of sp³-hybridized carbons (Fsp3) is 0.367. The molecule has 0 aliphatic heterocycles. The summed E-state index contributed by atoms with van der Waals surface area (Å²) in [5, 5.41) is 6.09. The average Bonchev–Trinajstić information content (AvgIpc) is 3.40. The minimum Gasteiger partial charge on any atom is -0.496 e. The molecule has 4 rings (SSSR count). The second kappa shape index (κ2) is 12.7. The van der Waals surface area contributed by atoms with Crippen LogP contribution in [0.5, 0.6) is 17.2 Å². The number of hydrogen-bond donors (Lipinski definition) is 2. The molecule has 1 aliphatic carbocycles. The Kier molecular flexibility index (Phi) is 9.55. The van der Waals surface area contributed by atoms with Gasteiger partial charge in [0, 0.05) is 42.0 Å². The molecule has 2 amide bonds. The lowest BCUT2D eigenvalue weighted by Gasteiger charge is -2.37. The maximum atomic E-state index is 14.5. The summed E-state index contributed by atoms with van der Waals surface area (Å²) in [6.45, 7) is 1.24. The van der Waals surface area contributed by atoms with Crippen LogP contribution in [0.3, 0.4) is 0 Å². The average molecular weight is 686 g/mol. The van der Waals surface area contributed by atoms with Crippen molar-refractivity contribution in [3.8, 4) is 17.2 Å². The number of ether oxygens (including phenoxy) is 3. The van der Waals surface area contributed by atoms with Crippen molar-refractivity contribution in [1.82, 2.24) is 10.6 Å². The Morgan fingerprint density at radius 1 is 0.902 bits per heavy atom. The van der Waals surface area contributed by atoms with Gasteiger partial charge in [-0.1, -0.05) is 55.3 Å². The Morgan fingerprint density at radius 3 is 2.05 bits per heavy atom. The first-order valence-corrected chi connectivity index (χ1v) is 14.2. The second-order valence-corrected chi connectivity index (χ2v) is 11.9. The third kappa shape index (κ3) is 8.40. The number of amides is 2. The lowest BCUT2D eigenvalue weighted by atomic mass is 9.77. The number of methoxy groups -OCH3 is 1. The van der Waals surface area contributed by atoms with Gasteiger partial charge in [0.1, 0.15) is 17.2 Å². The van der Waals surface area contributed by atoms with Crippen LogP contribution in [0.1, 0.15) is 49.3 Å². The molecular weight excluding hydrogens is 655 g/mol. The number of carbonyl (C=O) groups excluding carboxylic acids is 1. The Bertz CT molecular complexity index is 1280. The van der Waals surface area contributed by atoms with Crippen LogP contribution >= 0.6 is 22.6 Å². The summed E-state index contributed by atoms with van der Waals surface area (Å²) in [7, 11) is 1.51. The predicted molar refractivity (Wildman–Crippen MR) is 155 cm³/mol. The van der Waals surface area contributed by atoms with Gasteiger partial charge in [-0.15, -0.1) is 13.2 Å². The molecular formula is C30H31F4IN2O4. The van der Waals surface area contributed by atoms with Crippen LogP contribution in [0, 0.1) is 0 Å². The highest BCUT2D eigenvalue weighted by atomic mass is 127. The third-order valence-electron chi connectivity index (χ3n) is 6.85. The number of carbonyl (C=O) groups is 1. The molecule has 0 heterocycles. The highest BCUT2D eigenvalue weighted by Crippen LogP contribution is 2.40. The first kappa shape index (κ1) is 30.7. The van der Waals surface area contributed by atoms with Crippen LogP contribution in [0.15, 0.2) is 72.8 Å². The fourth-order valence-electron chi connectivity index (χ4n) is 5.17. The van der Waals surface area contributed by atoms with E-state index in [0.29, 0.717) is 22.4 Å². The monoisotopic (exact) mass is 686 g/mol. The Labute approximate surface area is 249 Å². The lowest BCUT2D eigenvalue weighted by Crippen LogP contribution is -2.53. The van der Waals surface area contributed by atoms with Gasteiger partial charge < -0.3 is 24.8 Å². The van der Waals surface area contributed by atoms with E-state index in [1.165, 1.54) is 54.8 Å². The Morgan fingerprint density at radius 2 is 1.49 bits per heavy atom. The molecule has 2 unspecified atom stereocenters. The van der Waals surface area contributed by atoms with Crippen LogP contribution in [0.25, 0.3) is 0 Å². The molecule has 0 spiro atoms. The molecule has 2 N–H and O–H groups in total. The molecule has 11 heteroatoms. The molecule has 0 bridgehead atoms. The standard InChI is InChI=1S/C30H31F4IN2O4/c1-28(31,35)40-24-14-7-10-21(17-24)29(19-20-9-3-6-16-26(20)39-2,37-27(38)36-23-12-4-5-13-23)22-11-8-15-25(18-22)41-30(32,33)34/h3,6-11,14-18,23H,4-5,12-13,19H2,1-2H3,(H2,36,37,38). The predicted octanol–water partition coefficient (Wildman–Crippen LogP) is 7.78. The minimum atomic E-state index is -4.92. The molecule has 1 saturated carbocycles. The van der Waals surface area contributed by atoms with Crippen molar-refractivity contribution in [3.63, 3.8) is 0 Å². The zero-order valence-corrected chi connectivity index (χ0v) is 24.7. The smallest absolute Gasteiger partial charge is 0.496 e. The molecule has 1 aliphatic rings. The van der Waals surface area contributed by atoms with Gasteiger partial charge >= 0.3 is 12.4 Å². The van der Waals surface area contributed by atoms with Crippen molar-refractivity contribution in [2.24, 2.45) is 0 Å². The van der Waals surface area contributed by atoms with Crippen molar-refractivity contribution in [3.05, 3.63) is 89.5 Å². The summed E-state index contributed by atoms with van der Waals surface area (Å²) < 4.78 is 67.4. The summed E-state index contributed by atoms with van der Waals surface area (Å²) in [5.74, 6) is 0.244. The van der Waals surface area contributed by atoms with E-state index in [4.69, 9.17) is 9.47 Å². The van der Waals surface area contributed by atoms with E-state index in [1.807, 2.05) is 6.07 Å². The van der Waals surface area contributed by atoms with Crippen LogP contribution in [-0.2, 0) is 12.0 Å². The SMILES string of the molecule is COc1ccccc1CC(NC(=O)NC1CCCC1)(c1cccc(OC(F)(F)F)c1)c1cccc(OC(C)(F)I)c1. The zero-order chi connectivity index (χ0) is 29.7. The highest BCUT2D eigenvalue weighted by molar-refractivity contribution is 14.1. The second-order valence-electron chi connectivity index (χ2n) is 9.99. The number of alkyl halides is 5. The lowest BCUT2D eigenvalue weighted by molar-refractivity contribution is -0.274. The highest BCUT2D eigenvalue weighted by Gasteiger charge is 2.39. The summed E-state index contributed by atoms with van der Waals surface area (Å²) in [6.07, 6.45) is -1.20. The van der Waals surface area contributed by atoms with Gasteiger partial charge in [0.25, 0.3) is 3.86 Å².